The van der Waals surface area contributed by atoms with E-state index >= 15 is 0 Å². The maximum absolute atomic E-state index is 11.8. The number of carbonyl (C=O) groups excluding carboxylic acids is 1. The summed E-state index contributed by atoms with van der Waals surface area (Å²) in [5.74, 6) is -0.674. The zero-order valence-electron chi connectivity index (χ0n) is 11.1. The van der Waals surface area contributed by atoms with Gasteiger partial charge in [-0.3, -0.25) is 25.0 Å². The highest BCUT2D eigenvalue weighted by atomic mass is 35.5. The summed E-state index contributed by atoms with van der Waals surface area (Å²) >= 11 is 6.54. The molecule has 0 saturated heterocycles. The molecular weight excluding hydrogens is 348 g/mol. The van der Waals surface area contributed by atoms with Gasteiger partial charge in [0, 0.05) is 17.7 Å². The Bertz CT molecular complexity index is 820. The van der Waals surface area contributed by atoms with Crippen LogP contribution >= 0.6 is 22.9 Å². The molecule has 0 fully saturated rings. The molecule has 0 aliphatic heterocycles. The van der Waals surface area contributed by atoms with Crippen molar-refractivity contribution >= 4 is 45.7 Å². The first-order valence-electron chi connectivity index (χ1n) is 5.90. The van der Waals surface area contributed by atoms with Crippen LogP contribution in [0.4, 0.5) is 10.7 Å². The van der Waals surface area contributed by atoms with E-state index in [0.29, 0.717) is 4.88 Å². The van der Waals surface area contributed by atoms with Crippen LogP contribution in [-0.2, 0) is 0 Å². The van der Waals surface area contributed by atoms with Gasteiger partial charge in [-0.2, -0.15) is 5.10 Å². The lowest BCUT2D eigenvalue weighted by Crippen LogP contribution is -2.17. The van der Waals surface area contributed by atoms with Gasteiger partial charge in [-0.1, -0.05) is 22.9 Å². The van der Waals surface area contributed by atoms with Gasteiger partial charge in [-0.05, 0) is 18.2 Å². The number of nitro groups is 2. The minimum atomic E-state index is -0.701. The molecule has 1 aromatic heterocycles. The second-order valence-corrected chi connectivity index (χ2v) is 5.56. The zero-order valence-corrected chi connectivity index (χ0v) is 12.7. The molecule has 0 aliphatic carbocycles. The standard InChI is InChI=1S/C12H7ClN4O5S/c13-9-3-1-7(5-10(9)16(19)20)12(18)15-14-6-8-2-4-11(23-8)17(21)22/h1-6H,(H,15,18)/b14-6+. The summed E-state index contributed by atoms with van der Waals surface area (Å²) < 4.78 is 0. The number of amides is 1. The number of hydrazone groups is 1. The monoisotopic (exact) mass is 354 g/mol. The Morgan fingerprint density at radius 2 is 1.96 bits per heavy atom. The molecule has 0 aliphatic rings. The van der Waals surface area contributed by atoms with Crippen molar-refractivity contribution in [1.82, 2.24) is 5.43 Å². The highest BCUT2D eigenvalue weighted by molar-refractivity contribution is 7.16. The van der Waals surface area contributed by atoms with Crippen molar-refractivity contribution in [1.29, 1.82) is 0 Å². The molecule has 2 rings (SSSR count). The molecule has 2 aromatic rings. The van der Waals surface area contributed by atoms with Gasteiger partial charge >= 0.3 is 5.00 Å². The quantitative estimate of drug-likeness (QED) is 0.501. The molecule has 1 aromatic carbocycles. The molecule has 1 N–H and O–H groups in total. The first-order valence-corrected chi connectivity index (χ1v) is 7.09. The SMILES string of the molecule is O=C(N/N=C/c1ccc([N+](=O)[O-])s1)c1ccc(Cl)c([N+](=O)[O-])c1. The third-order valence-corrected chi connectivity index (χ3v) is 3.85. The van der Waals surface area contributed by atoms with Gasteiger partial charge in [-0.25, -0.2) is 5.43 Å². The van der Waals surface area contributed by atoms with Crippen LogP contribution in [-0.4, -0.2) is 22.0 Å². The topological polar surface area (TPSA) is 128 Å². The molecule has 0 spiro atoms. The number of halogens is 1. The molecule has 0 atom stereocenters. The van der Waals surface area contributed by atoms with Crippen molar-refractivity contribution in [3.05, 3.63) is 66.0 Å². The summed E-state index contributed by atoms with van der Waals surface area (Å²) in [4.78, 5) is 32.4. The van der Waals surface area contributed by atoms with E-state index in [-0.39, 0.29) is 15.6 Å². The molecule has 118 valence electrons. The van der Waals surface area contributed by atoms with E-state index in [1.54, 1.807) is 0 Å². The fourth-order valence-electron chi connectivity index (χ4n) is 1.52. The summed E-state index contributed by atoms with van der Waals surface area (Å²) in [5, 5.41) is 24.8. The number of carbonyl (C=O) groups is 1. The van der Waals surface area contributed by atoms with Crippen molar-refractivity contribution in [3.63, 3.8) is 0 Å². The maximum atomic E-state index is 11.8. The van der Waals surface area contributed by atoms with Crippen LogP contribution in [0.15, 0.2) is 35.4 Å². The fraction of sp³-hybridized carbons (Fsp3) is 0. The molecule has 0 unspecified atom stereocenters. The van der Waals surface area contributed by atoms with Gasteiger partial charge in [0.1, 0.15) is 5.02 Å². The van der Waals surface area contributed by atoms with Gasteiger partial charge in [0.15, 0.2) is 0 Å². The normalized spacial score (nSPS) is 10.7. The average Bonchev–Trinajstić information content (AvgIpc) is 2.96. The number of thiophene rings is 1. The number of rotatable bonds is 5. The molecule has 9 nitrogen and oxygen atoms in total. The first-order chi connectivity index (χ1) is 10.9. The van der Waals surface area contributed by atoms with E-state index in [2.05, 4.69) is 10.5 Å². The second-order valence-electron chi connectivity index (χ2n) is 4.06. The number of nitrogens with zero attached hydrogens (tertiary/aromatic N) is 3. The third-order valence-electron chi connectivity index (χ3n) is 2.56. The minimum absolute atomic E-state index is 0.00964. The number of benzene rings is 1. The lowest BCUT2D eigenvalue weighted by molar-refractivity contribution is -0.384. The predicted molar refractivity (Wildman–Crippen MR) is 84.1 cm³/mol. The van der Waals surface area contributed by atoms with Gasteiger partial charge < -0.3 is 0 Å². The lowest BCUT2D eigenvalue weighted by atomic mass is 10.2. The molecule has 0 bridgehead atoms. The van der Waals surface area contributed by atoms with Gasteiger partial charge in [0.05, 0.1) is 20.9 Å². The van der Waals surface area contributed by atoms with E-state index in [9.17, 15) is 25.0 Å². The predicted octanol–water partition coefficient (Wildman–Crippen LogP) is 2.98. The summed E-state index contributed by atoms with van der Waals surface area (Å²) in [7, 11) is 0. The van der Waals surface area contributed by atoms with Crippen LogP contribution in [0.25, 0.3) is 0 Å². The summed E-state index contributed by atoms with van der Waals surface area (Å²) in [6.07, 6.45) is 1.24. The van der Waals surface area contributed by atoms with Gasteiger partial charge in [-0.15, -0.1) is 0 Å². The number of nitro benzene ring substituents is 1. The molecule has 11 heteroatoms. The van der Waals surface area contributed by atoms with Crippen molar-refractivity contribution in [2.75, 3.05) is 0 Å². The van der Waals surface area contributed by atoms with E-state index < -0.39 is 21.4 Å². The smallest absolute Gasteiger partial charge is 0.267 e. The number of nitrogens with one attached hydrogen (secondary N) is 1. The molecule has 1 heterocycles. The van der Waals surface area contributed by atoms with Crippen LogP contribution in [0, 0.1) is 20.2 Å². The Labute approximate surface area is 137 Å². The summed E-state index contributed by atoms with van der Waals surface area (Å²) in [6.45, 7) is 0. The van der Waals surface area contributed by atoms with E-state index in [4.69, 9.17) is 11.6 Å². The minimum Gasteiger partial charge on any atom is -0.267 e. The van der Waals surface area contributed by atoms with Crippen LogP contribution < -0.4 is 5.43 Å². The van der Waals surface area contributed by atoms with Crippen molar-refractivity contribution in [2.45, 2.75) is 0 Å². The molecular formula is C12H7ClN4O5S. The van der Waals surface area contributed by atoms with E-state index in [1.165, 1.54) is 30.5 Å². The lowest BCUT2D eigenvalue weighted by Gasteiger charge is -2.00. The maximum Gasteiger partial charge on any atom is 0.324 e. The molecule has 0 saturated carbocycles. The Morgan fingerprint density at radius 1 is 1.22 bits per heavy atom. The van der Waals surface area contributed by atoms with E-state index in [1.807, 2.05) is 0 Å². The Balaban J connectivity index is 2.07. The van der Waals surface area contributed by atoms with Crippen molar-refractivity contribution < 1.29 is 14.6 Å². The van der Waals surface area contributed by atoms with Gasteiger partial charge in [0.2, 0.25) is 0 Å². The Kier molecular flexibility index (Phi) is 4.98. The Hall–Kier alpha value is -2.85. The largest absolute Gasteiger partial charge is 0.324 e. The third kappa shape index (κ3) is 4.08. The molecule has 0 radical (unpaired) electrons. The fourth-order valence-corrected chi connectivity index (χ4v) is 2.40. The second kappa shape index (κ2) is 6.94. The van der Waals surface area contributed by atoms with Crippen LogP contribution in [0.3, 0.4) is 0 Å². The summed E-state index contributed by atoms with van der Waals surface area (Å²) in [6, 6.07) is 6.38. The average molecular weight is 355 g/mol. The number of hydrogen-bond donors (Lipinski definition) is 1. The zero-order chi connectivity index (χ0) is 17.0. The highest BCUT2D eigenvalue weighted by Gasteiger charge is 2.16. The summed E-state index contributed by atoms with van der Waals surface area (Å²) in [5.41, 5.74) is 1.79. The van der Waals surface area contributed by atoms with Crippen LogP contribution in [0.1, 0.15) is 15.2 Å². The van der Waals surface area contributed by atoms with Crippen LogP contribution in [0.2, 0.25) is 5.02 Å². The van der Waals surface area contributed by atoms with Gasteiger partial charge in [0.25, 0.3) is 11.6 Å². The molecule has 23 heavy (non-hydrogen) atoms. The van der Waals surface area contributed by atoms with E-state index in [0.717, 1.165) is 17.4 Å². The molecule has 1 amide bonds. The Morgan fingerprint density at radius 3 is 2.57 bits per heavy atom. The number of hydrogen-bond acceptors (Lipinski definition) is 7. The van der Waals surface area contributed by atoms with Crippen molar-refractivity contribution in [3.8, 4) is 0 Å². The highest BCUT2D eigenvalue weighted by Crippen LogP contribution is 2.25. The first kappa shape index (κ1) is 16.5. The van der Waals surface area contributed by atoms with Crippen LogP contribution in [0.5, 0.6) is 0 Å². The van der Waals surface area contributed by atoms with Crippen molar-refractivity contribution in [2.24, 2.45) is 5.10 Å².